The molecule has 94 valence electrons. The molecule has 0 aromatic rings. The number of nitriles is 1. The lowest BCUT2D eigenvalue weighted by Crippen LogP contribution is -2.27. The molecule has 5 heteroatoms. The number of hydrogen-bond acceptors (Lipinski definition) is 3. The minimum atomic E-state index is -3.06. The smallest absolute Gasteiger partial charge is 0.211 e. The molecule has 0 saturated heterocycles. The topological polar surface area (TPSA) is 70.0 Å². The molecule has 0 aliphatic rings. The van der Waals surface area contributed by atoms with Crippen molar-refractivity contribution >= 4 is 10.0 Å². The predicted molar refractivity (Wildman–Crippen MR) is 65.4 cm³/mol. The Bertz CT molecular complexity index is 294. The van der Waals surface area contributed by atoms with Gasteiger partial charge in [-0.1, -0.05) is 26.2 Å². The minimum Gasteiger partial charge on any atom is -0.215 e. The van der Waals surface area contributed by atoms with Gasteiger partial charge < -0.3 is 0 Å². The number of sulfonamides is 1. The van der Waals surface area contributed by atoms with Gasteiger partial charge in [-0.3, -0.25) is 0 Å². The Morgan fingerprint density at radius 3 is 2.50 bits per heavy atom. The zero-order valence-corrected chi connectivity index (χ0v) is 10.9. The van der Waals surface area contributed by atoms with E-state index in [1.54, 1.807) is 0 Å². The van der Waals surface area contributed by atoms with Crippen molar-refractivity contribution in [3.8, 4) is 6.07 Å². The van der Waals surface area contributed by atoms with Gasteiger partial charge in [-0.15, -0.1) is 0 Å². The van der Waals surface area contributed by atoms with Crippen LogP contribution in [0.3, 0.4) is 0 Å². The van der Waals surface area contributed by atoms with Crippen LogP contribution in [0.25, 0.3) is 0 Å². The molecule has 0 aromatic carbocycles. The summed E-state index contributed by atoms with van der Waals surface area (Å²) in [5, 5.41) is 8.31. The molecule has 0 spiro atoms. The van der Waals surface area contributed by atoms with Crippen LogP contribution >= 0.6 is 0 Å². The molecule has 16 heavy (non-hydrogen) atoms. The van der Waals surface area contributed by atoms with Gasteiger partial charge in [0.15, 0.2) is 0 Å². The first-order chi connectivity index (χ1) is 7.62. The van der Waals surface area contributed by atoms with Crippen LogP contribution in [0.2, 0.25) is 0 Å². The first-order valence-electron chi connectivity index (χ1n) is 5.96. The fraction of sp³-hybridized carbons (Fsp3) is 0.909. The SMILES string of the molecule is CCCCCS(=O)(=O)NCCCCCC#N. The molecule has 0 aliphatic heterocycles. The second kappa shape index (κ2) is 9.61. The van der Waals surface area contributed by atoms with Crippen molar-refractivity contribution in [2.24, 2.45) is 0 Å². The first-order valence-corrected chi connectivity index (χ1v) is 7.62. The normalized spacial score (nSPS) is 11.2. The Morgan fingerprint density at radius 1 is 1.12 bits per heavy atom. The average molecular weight is 246 g/mol. The highest BCUT2D eigenvalue weighted by molar-refractivity contribution is 7.89. The Morgan fingerprint density at radius 2 is 1.88 bits per heavy atom. The molecule has 0 atom stereocenters. The van der Waals surface area contributed by atoms with E-state index < -0.39 is 10.0 Å². The molecule has 0 aliphatic carbocycles. The summed E-state index contributed by atoms with van der Waals surface area (Å²) in [6.07, 6.45) is 5.87. The van der Waals surface area contributed by atoms with Crippen molar-refractivity contribution in [2.75, 3.05) is 12.3 Å². The molecule has 0 bridgehead atoms. The van der Waals surface area contributed by atoms with E-state index in [1.165, 1.54) is 0 Å². The van der Waals surface area contributed by atoms with Gasteiger partial charge in [0.05, 0.1) is 11.8 Å². The highest BCUT2D eigenvalue weighted by Crippen LogP contribution is 2.00. The summed E-state index contributed by atoms with van der Waals surface area (Å²) in [7, 11) is -3.06. The predicted octanol–water partition coefficient (Wildman–Crippen LogP) is 2.18. The van der Waals surface area contributed by atoms with E-state index in [9.17, 15) is 8.42 Å². The third kappa shape index (κ3) is 9.94. The molecule has 0 fully saturated rings. The van der Waals surface area contributed by atoms with Crippen LogP contribution in [-0.2, 0) is 10.0 Å². The van der Waals surface area contributed by atoms with E-state index >= 15 is 0 Å². The van der Waals surface area contributed by atoms with Crippen molar-refractivity contribution in [3.05, 3.63) is 0 Å². The lowest BCUT2D eigenvalue weighted by atomic mass is 10.2. The fourth-order valence-corrected chi connectivity index (χ4v) is 2.53. The molecule has 0 heterocycles. The second-order valence-electron chi connectivity index (χ2n) is 3.89. The summed E-state index contributed by atoms with van der Waals surface area (Å²) in [5.41, 5.74) is 0. The number of hydrogen-bond donors (Lipinski definition) is 1. The van der Waals surface area contributed by atoms with Gasteiger partial charge in [0.1, 0.15) is 0 Å². The van der Waals surface area contributed by atoms with Gasteiger partial charge in [0.25, 0.3) is 0 Å². The van der Waals surface area contributed by atoms with E-state index in [1.807, 2.05) is 0 Å². The highest BCUT2D eigenvalue weighted by atomic mass is 32.2. The van der Waals surface area contributed by atoms with Crippen LogP contribution < -0.4 is 4.72 Å². The number of rotatable bonds is 10. The molecule has 0 rings (SSSR count). The quantitative estimate of drug-likeness (QED) is 0.601. The monoisotopic (exact) mass is 246 g/mol. The molecule has 4 nitrogen and oxygen atoms in total. The molecule has 0 aromatic heterocycles. The third-order valence-corrected chi connectivity index (χ3v) is 3.77. The van der Waals surface area contributed by atoms with Crippen LogP contribution in [0.1, 0.15) is 51.9 Å². The Balaban J connectivity index is 3.48. The van der Waals surface area contributed by atoms with Gasteiger partial charge in [0.2, 0.25) is 10.0 Å². The molecule has 0 unspecified atom stereocenters. The van der Waals surface area contributed by atoms with Gasteiger partial charge in [0, 0.05) is 13.0 Å². The third-order valence-electron chi connectivity index (χ3n) is 2.30. The van der Waals surface area contributed by atoms with Crippen molar-refractivity contribution in [3.63, 3.8) is 0 Å². The second-order valence-corrected chi connectivity index (χ2v) is 5.82. The van der Waals surface area contributed by atoms with Crippen molar-refractivity contribution in [1.82, 2.24) is 4.72 Å². The molecule has 1 N–H and O–H groups in total. The summed E-state index contributed by atoms with van der Waals surface area (Å²) in [6.45, 7) is 2.55. The molecular weight excluding hydrogens is 224 g/mol. The first kappa shape index (κ1) is 15.4. The summed E-state index contributed by atoms with van der Waals surface area (Å²) >= 11 is 0. The summed E-state index contributed by atoms with van der Waals surface area (Å²) in [6, 6.07) is 2.07. The number of nitrogens with one attached hydrogen (secondary N) is 1. The van der Waals surface area contributed by atoms with E-state index in [0.29, 0.717) is 13.0 Å². The van der Waals surface area contributed by atoms with Crippen LogP contribution in [-0.4, -0.2) is 20.7 Å². The van der Waals surface area contributed by atoms with E-state index in [4.69, 9.17) is 5.26 Å². The van der Waals surface area contributed by atoms with Gasteiger partial charge in [-0.2, -0.15) is 5.26 Å². The maximum Gasteiger partial charge on any atom is 0.211 e. The summed E-state index contributed by atoms with van der Waals surface area (Å²) in [5.74, 6) is 0.235. The lowest BCUT2D eigenvalue weighted by molar-refractivity contribution is 0.570. The molecule has 0 amide bonds. The van der Waals surface area contributed by atoms with Crippen LogP contribution in [0, 0.1) is 11.3 Å². The van der Waals surface area contributed by atoms with Crippen molar-refractivity contribution in [1.29, 1.82) is 5.26 Å². The molecular formula is C11H22N2O2S. The van der Waals surface area contributed by atoms with Crippen LogP contribution in [0.5, 0.6) is 0 Å². The van der Waals surface area contributed by atoms with Gasteiger partial charge >= 0.3 is 0 Å². The lowest BCUT2D eigenvalue weighted by Gasteiger charge is -2.05. The zero-order valence-electron chi connectivity index (χ0n) is 10.0. The molecule has 0 radical (unpaired) electrons. The Kier molecular flexibility index (Phi) is 9.25. The largest absolute Gasteiger partial charge is 0.215 e. The summed E-state index contributed by atoms with van der Waals surface area (Å²) in [4.78, 5) is 0. The van der Waals surface area contributed by atoms with Crippen LogP contribution in [0.4, 0.5) is 0 Å². The maximum atomic E-state index is 11.4. The van der Waals surface area contributed by atoms with Crippen molar-refractivity contribution < 1.29 is 8.42 Å². The van der Waals surface area contributed by atoms with Crippen LogP contribution in [0.15, 0.2) is 0 Å². The van der Waals surface area contributed by atoms with Gasteiger partial charge in [-0.05, 0) is 19.3 Å². The highest BCUT2D eigenvalue weighted by Gasteiger charge is 2.07. The Labute approximate surface area is 99.1 Å². The molecule has 0 saturated carbocycles. The van der Waals surface area contributed by atoms with E-state index in [2.05, 4.69) is 17.7 Å². The maximum absolute atomic E-state index is 11.4. The van der Waals surface area contributed by atoms with Crippen molar-refractivity contribution in [2.45, 2.75) is 51.9 Å². The minimum absolute atomic E-state index is 0.235. The average Bonchev–Trinajstić information content (AvgIpc) is 2.23. The fourth-order valence-electron chi connectivity index (χ4n) is 1.35. The Hall–Kier alpha value is -0.600. The van der Waals surface area contributed by atoms with Gasteiger partial charge in [-0.25, -0.2) is 13.1 Å². The van der Waals surface area contributed by atoms with E-state index in [0.717, 1.165) is 38.5 Å². The summed E-state index contributed by atoms with van der Waals surface area (Å²) < 4.78 is 25.4. The number of unbranched alkanes of at least 4 members (excludes halogenated alkanes) is 5. The zero-order chi connectivity index (χ0) is 12.3. The van der Waals surface area contributed by atoms with E-state index in [-0.39, 0.29) is 5.75 Å². The standard InChI is InChI=1S/C11H22N2O2S/c1-2-3-8-11-16(14,15)13-10-7-5-4-6-9-12/h13H,2-8,10-11H2,1H3. The number of nitrogens with zero attached hydrogens (tertiary/aromatic N) is 1.